The second-order valence-electron chi connectivity index (χ2n) is 11.2. The number of aryl methyl sites for hydroxylation is 1. The third-order valence-corrected chi connectivity index (χ3v) is 8.88. The third kappa shape index (κ3) is 6.41. The highest BCUT2D eigenvalue weighted by Gasteiger charge is 2.35. The van der Waals surface area contributed by atoms with Crippen molar-refractivity contribution in [3.05, 3.63) is 59.2 Å². The van der Waals surface area contributed by atoms with Crippen LogP contribution in [0.4, 0.5) is 0 Å². The van der Waals surface area contributed by atoms with Gasteiger partial charge in [0.15, 0.2) is 5.01 Å². The first-order chi connectivity index (χ1) is 20.7. The van der Waals surface area contributed by atoms with Crippen molar-refractivity contribution in [2.24, 2.45) is 11.8 Å². The number of amides is 3. The number of Topliss-reactive ketones (excluding diaryl/α,β-unsaturated/α-hetero) is 1. The molecule has 0 bridgehead atoms. The minimum atomic E-state index is -0.972. The van der Waals surface area contributed by atoms with Gasteiger partial charge in [-0.15, -0.1) is 11.3 Å². The van der Waals surface area contributed by atoms with Gasteiger partial charge < -0.3 is 25.3 Å². The van der Waals surface area contributed by atoms with Gasteiger partial charge in [-0.2, -0.15) is 0 Å². The molecule has 10 nitrogen and oxygen atoms in total. The van der Waals surface area contributed by atoms with Crippen LogP contribution in [0.3, 0.4) is 0 Å². The number of benzene rings is 2. The van der Waals surface area contributed by atoms with Crippen LogP contribution in [-0.4, -0.2) is 58.8 Å². The van der Waals surface area contributed by atoms with E-state index in [-0.39, 0.29) is 29.0 Å². The van der Waals surface area contributed by atoms with Crippen molar-refractivity contribution in [2.75, 3.05) is 13.7 Å². The summed E-state index contributed by atoms with van der Waals surface area (Å²) in [6.45, 7) is 6.95. The van der Waals surface area contributed by atoms with Gasteiger partial charge in [0.1, 0.15) is 17.5 Å². The summed E-state index contributed by atoms with van der Waals surface area (Å²) >= 11 is 1.26. The van der Waals surface area contributed by atoms with Gasteiger partial charge >= 0.3 is 0 Å². The fourth-order valence-corrected chi connectivity index (χ4v) is 6.64. The number of carbonyl (C=O) groups excluding carboxylic acids is 4. The molecule has 43 heavy (non-hydrogen) atoms. The zero-order valence-corrected chi connectivity index (χ0v) is 25.6. The fourth-order valence-electron chi connectivity index (χ4n) is 5.68. The van der Waals surface area contributed by atoms with Crippen molar-refractivity contribution in [1.82, 2.24) is 25.5 Å². The topological polar surface area (TPSA) is 131 Å². The summed E-state index contributed by atoms with van der Waals surface area (Å²) in [7, 11) is 1.59. The molecule has 1 aliphatic rings. The zero-order chi connectivity index (χ0) is 30.7. The molecule has 1 aliphatic heterocycles. The molecule has 3 amide bonds. The summed E-state index contributed by atoms with van der Waals surface area (Å²) < 4.78 is 8.25. The number of para-hydroxylation sites is 1. The van der Waals surface area contributed by atoms with E-state index in [1.54, 1.807) is 13.2 Å². The first-order valence-corrected chi connectivity index (χ1v) is 15.5. The highest BCUT2D eigenvalue weighted by Crippen LogP contribution is 2.29. The highest BCUT2D eigenvalue weighted by molar-refractivity contribution is 7.20. The summed E-state index contributed by atoms with van der Waals surface area (Å²) in [6, 6.07) is 13.0. The summed E-state index contributed by atoms with van der Waals surface area (Å²) in [5.74, 6) is -1.03. The monoisotopic (exact) mass is 603 g/mol. The standard InChI is InChI=1S/C32H37N5O5S/c1-5-37-24-10-8-11-26(42-4)20(24)17-25(37)31(41)35-23(15-18(2)3)30(40)34-22(16-19-13-14-33-29(19)39)28(38)32-36-21-9-6-7-12-27(21)43-32/h6-12,17-19,22-23H,5,13-16H2,1-4H3,(H,33,39)(H,34,40)(H,35,41)/t19?,22-,23-/m0/s1. The minimum Gasteiger partial charge on any atom is -0.496 e. The van der Waals surface area contributed by atoms with Gasteiger partial charge in [0.2, 0.25) is 17.6 Å². The van der Waals surface area contributed by atoms with Gasteiger partial charge in [-0.25, -0.2) is 4.98 Å². The van der Waals surface area contributed by atoms with Crippen LogP contribution in [0.25, 0.3) is 21.1 Å². The van der Waals surface area contributed by atoms with Crippen LogP contribution in [-0.2, 0) is 16.1 Å². The number of thiazole rings is 1. The van der Waals surface area contributed by atoms with Crippen molar-refractivity contribution >= 4 is 56.0 Å². The molecule has 0 aliphatic carbocycles. The maximum absolute atomic E-state index is 13.8. The summed E-state index contributed by atoms with van der Waals surface area (Å²) in [5.41, 5.74) is 1.97. The first kappa shape index (κ1) is 30.2. The molecular weight excluding hydrogens is 566 g/mol. The summed E-state index contributed by atoms with van der Waals surface area (Å²) in [4.78, 5) is 58.2. The molecular formula is C32H37N5O5S. The van der Waals surface area contributed by atoms with E-state index < -0.39 is 29.8 Å². The van der Waals surface area contributed by atoms with Crippen LogP contribution >= 0.6 is 11.3 Å². The predicted molar refractivity (Wildman–Crippen MR) is 166 cm³/mol. The number of hydrogen-bond donors (Lipinski definition) is 3. The number of fused-ring (bicyclic) bond motifs is 2. The van der Waals surface area contributed by atoms with Crippen LogP contribution in [0, 0.1) is 11.8 Å². The first-order valence-electron chi connectivity index (χ1n) is 14.6. The van der Waals surface area contributed by atoms with E-state index in [1.165, 1.54) is 11.3 Å². The Hall–Kier alpha value is -4.25. The number of ether oxygens (including phenoxy) is 1. The number of methoxy groups -OCH3 is 1. The smallest absolute Gasteiger partial charge is 0.268 e. The number of aromatic nitrogens is 2. The van der Waals surface area contributed by atoms with Crippen LogP contribution in [0.2, 0.25) is 0 Å². The lowest BCUT2D eigenvalue weighted by atomic mass is 9.95. The van der Waals surface area contributed by atoms with Crippen molar-refractivity contribution in [3.8, 4) is 5.75 Å². The number of hydrogen-bond acceptors (Lipinski definition) is 7. The minimum absolute atomic E-state index is 0.0761. The molecule has 5 rings (SSSR count). The fraction of sp³-hybridized carbons (Fsp3) is 0.406. The van der Waals surface area contributed by atoms with E-state index >= 15 is 0 Å². The lowest BCUT2D eigenvalue weighted by Crippen LogP contribution is -2.52. The average Bonchev–Trinajstić information content (AvgIpc) is 3.71. The summed E-state index contributed by atoms with van der Waals surface area (Å²) in [5, 5.41) is 9.71. The second kappa shape index (κ2) is 12.9. The quantitative estimate of drug-likeness (QED) is 0.207. The van der Waals surface area contributed by atoms with Crippen LogP contribution in [0.15, 0.2) is 48.5 Å². The Labute approximate surface area is 254 Å². The van der Waals surface area contributed by atoms with Crippen LogP contribution in [0.5, 0.6) is 5.75 Å². The van der Waals surface area contributed by atoms with E-state index in [0.717, 1.165) is 15.6 Å². The number of nitrogens with zero attached hydrogens (tertiary/aromatic N) is 2. The molecule has 226 valence electrons. The molecule has 2 aromatic carbocycles. The van der Waals surface area contributed by atoms with Gasteiger partial charge in [-0.3, -0.25) is 19.2 Å². The number of nitrogens with one attached hydrogen (secondary N) is 3. The second-order valence-corrected chi connectivity index (χ2v) is 12.3. The van der Waals surface area contributed by atoms with Crippen LogP contribution in [0.1, 0.15) is 60.3 Å². The SMILES string of the molecule is CCn1c(C(=O)N[C@@H](CC(C)C)C(=O)N[C@@H](CC2CCNC2=O)C(=O)c2nc3ccccc3s2)cc2c(OC)cccc21. The van der Waals surface area contributed by atoms with Crippen molar-refractivity contribution in [1.29, 1.82) is 0 Å². The molecule has 1 saturated heterocycles. The molecule has 3 atom stereocenters. The summed E-state index contributed by atoms with van der Waals surface area (Å²) in [6.07, 6.45) is 1.09. The molecule has 0 saturated carbocycles. The van der Waals surface area contributed by atoms with Gasteiger partial charge in [-0.1, -0.05) is 32.0 Å². The molecule has 1 fully saturated rings. The maximum atomic E-state index is 13.8. The van der Waals surface area contributed by atoms with E-state index in [2.05, 4.69) is 20.9 Å². The normalized spacial score (nSPS) is 16.3. The molecule has 1 unspecified atom stereocenters. The Morgan fingerprint density at radius 1 is 1.12 bits per heavy atom. The van der Waals surface area contributed by atoms with Gasteiger partial charge in [0.25, 0.3) is 5.91 Å². The average molecular weight is 604 g/mol. The number of ketones is 1. The van der Waals surface area contributed by atoms with Gasteiger partial charge in [0, 0.05) is 24.4 Å². The molecule has 3 heterocycles. The molecule has 3 N–H and O–H groups in total. The van der Waals surface area contributed by atoms with Crippen LogP contribution < -0.4 is 20.7 Å². The van der Waals surface area contributed by atoms with E-state index in [1.807, 2.05) is 67.8 Å². The Morgan fingerprint density at radius 3 is 2.58 bits per heavy atom. The van der Waals surface area contributed by atoms with Gasteiger partial charge in [-0.05, 0) is 62.4 Å². The number of rotatable bonds is 12. The molecule has 2 aromatic heterocycles. The molecule has 11 heteroatoms. The maximum Gasteiger partial charge on any atom is 0.268 e. The third-order valence-electron chi connectivity index (χ3n) is 7.82. The Bertz CT molecular complexity index is 1640. The lowest BCUT2D eigenvalue weighted by molar-refractivity contribution is -0.125. The Balaban J connectivity index is 1.41. The molecule has 4 aromatic rings. The highest BCUT2D eigenvalue weighted by atomic mass is 32.1. The van der Waals surface area contributed by atoms with E-state index in [4.69, 9.17) is 4.74 Å². The Kier molecular flexibility index (Phi) is 9.10. The zero-order valence-electron chi connectivity index (χ0n) is 24.8. The molecule has 0 spiro atoms. The van der Waals surface area contributed by atoms with E-state index in [0.29, 0.717) is 42.9 Å². The Morgan fingerprint density at radius 2 is 1.91 bits per heavy atom. The van der Waals surface area contributed by atoms with Crippen molar-refractivity contribution in [3.63, 3.8) is 0 Å². The van der Waals surface area contributed by atoms with Crippen molar-refractivity contribution < 1.29 is 23.9 Å². The lowest BCUT2D eigenvalue weighted by Gasteiger charge is -2.25. The van der Waals surface area contributed by atoms with Crippen molar-refractivity contribution in [2.45, 2.75) is 58.7 Å². The van der Waals surface area contributed by atoms with E-state index in [9.17, 15) is 19.2 Å². The van der Waals surface area contributed by atoms with Gasteiger partial charge in [0.05, 0.1) is 28.9 Å². The largest absolute Gasteiger partial charge is 0.496 e. The molecule has 0 radical (unpaired) electrons. The predicted octanol–water partition coefficient (Wildman–Crippen LogP) is 4.32. The number of carbonyl (C=O) groups is 4.